The predicted octanol–water partition coefficient (Wildman–Crippen LogP) is 3.14. The maximum absolute atomic E-state index is 12.1. The van der Waals surface area contributed by atoms with E-state index in [1.54, 1.807) is 54.6 Å². The minimum Gasteiger partial charge on any atom is -0.508 e. The molecule has 1 atom stereocenters. The lowest BCUT2D eigenvalue weighted by atomic mass is 10.1. The molecule has 2 rings (SSSR count). The maximum atomic E-state index is 12.1. The molecule has 0 aliphatic heterocycles. The van der Waals surface area contributed by atoms with E-state index < -0.39 is 12.1 Å². The molecule has 0 aromatic heterocycles. The van der Waals surface area contributed by atoms with Crippen LogP contribution in [0.3, 0.4) is 0 Å². The lowest BCUT2D eigenvalue weighted by Gasteiger charge is -2.10. The summed E-state index contributed by atoms with van der Waals surface area (Å²) >= 11 is 0. The number of carboxylic acids is 1. The Morgan fingerprint density at radius 3 is 2.43 bits per heavy atom. The summed E-state index contributed by atoms with van der Waals surface area (Å²) in [5.41, 5.74) is 1.17. The predicted molar refractivity (Wildman–Crippen MR) is 85.6 cm³/mol. The highest BCUT2D eigenvalue weighted by molar-refractivity contribution is 6.06. The molecule has 0 aliphatic carbocycles. The van der Waals surface area contributed by atoms with Gasteiger partial charge in [-0.1, -0.05) is 18.2 Å². The van der Waals surface area contributed by atoms with Crippen LogP contribution in [0.4, 0.5) is 0 Å². The molecule has 0 aliphatic rings. The van der Waals surface area contributed by atoms with Gasteiger partial charge in [0.15, 0.2) is 11.9 Å². The largest absolute Gasteiger partial charge is 0.508 e. The van der Waals surface area contributed by atoms with Gasteiger partial charge in [-0.3, -0.25) is 4.79 Å². The van der Waals surface area contributed by atoms with E-state index in [-0.39, 0.29) is 11.5 Å². The Morgan fingerprint density at radius 2 is 1.83 bits per heavy atom. The van der Waals surface area contributed by atoms with Crippen LogP contribution in [0.5, 0.6) is 11.5 Å². The fraction of sp³-hybridized carbons (Fsp3) is 0.111. The normalized spacial score (nSPS) is 12.0. The van der Waals surface area contributed by atoms with Gasteiger partial charge in [0, 0.05) is 5.56 Å². The third-order valence-electron chi connectivity index (χ3n) is 3.10. The second-order valence-electron chi connectivity index (χ2n) is 4.92. The van der Waals surface area contributed by atoms with Gasteiger partial charge < -0.3 is 14.9 Å². The number of rotatable bonds is 6. The number of hydrogen-bond acceptors (Lipinski definition) is 4. The Labute approximate surface area is 133 Å². The third-order valence-corrected chi connectivity index (χ3v) is 3.10. The standard InChI is InChI=1S/C18H16O5/c1-12(18(21)22)23-16-8-6-14(7-9-16)17(20)10-5-13-3-2-4-15(19)11-13/h2-12,19H,1H3,(H,21,22)/b10-5-. The second kappa shape index (κ2) is 7.26. The lowest BCUT2D eigenvalue weighted by Crippen LogP contribution is -2.22. The first-order valence-electron chi connectivity index (χ1n) is 6.96. The molecule has 1 unspecified atom stereocenters. The van der Waals surface area contributed by atoms with Crippen LogP contribution in [0, 0.1) is 0 Å². The summed E-state index contributed by atoms with van der Waals surface area (Å²) in [4.78, 5) is 22.8. The topological polar surface area (TPSA) is 83.8 Å². The number of phenols is 1. The number of carbonyl (C=O) groups excluding carboxylic acids is 1. The molecule has 5 nitrogen and oxygen atoms in total. The number of hydrogen-bond donors (Lipinski definition) is 2. The molecule has 2 N–H and O–H groups in total. The van der Waals surface area contributed by atoms with Crippen LogP contribution in [0.15, 0.2) is 54.6 Å². The van der Waals surface area contributed by atoms with Crippen LogP contribution < -0.4 is 4.74 Å². The fourth-order valence-corrected chi connectivity index (χ4v) is 1.85. The van der Waals surface area contributed by atoms with E-state index in [1.165, 1.54) is 13.0 Å². The van der Waals surface area contributed by atoms with Crippen LogP contribution in [-0.4, -0.2) is 28.1 Å². The quantitative estimate of drug-likeness (QED) is 0.632. The van der Waals surface area contributed by atoms with Crippen molar-refractivity contribution < 1.29 is 24.5 Å². The summed E-state index contributed by atoms with van der Waals surface area (Å²) in [5.74, 6) is -0.743. The first-order valence-corrected chi connectivity index (χ1v) is 6.96. The van der Waals surface area contributed by atoms with E-state index in [0.29, 0.717) is 16.9 Å². The summed E-state index contributed by atoms with van der Waals surface area (Å²) in [5, 5.41) is 18.1. The van der Waals surface area contributed by atoms with Crippen molar-refractivity contribution in [3.8, 4) is 11.5 Å². The van der Waals surface area contributed by atoms with Gasteiger partial charge in [0.2, 0.25) is 0 Å². The average molecular weight is 312 g/mol. The van der Waals surface area contributed by atoms with Gasteiger partial charge in [0.1, 0.15) is 11.5 Å². The van der Waals surface area contributed by atoms with Gasteiger partial charge in [-0.25, -0.2) is 4.79 Å². The number of ether oxygens (including phenoxy) is 1. The van der Waals surface area contributed by atoms with E-state index in [1.807, 2.05) is 0 Å². The monoisotopic (exact) mass is 312 g/mol. The van der Waals surface area contributed by atoms with Crippen molar-refractivity contribution in [1.29, 1.82) is 0 Å². The second-order valence-corrected chi connectivity index (χ2v) is 4.92. The molecule has 0 saturated heterocycles. The zero-order valence-corrected chi connectivity index (χ0v) is 12.5. The maximum Gasteiger partial charge on any atom is 0.344 e. The molecule has 2 aromatic rings. The molecule has 5 heteroatoms. The van der Waals surface area contributed by atoms with Gasteiger partial charge in [-0.2, -0.15) is 0 Å². The highest BCUT2D eigenvalue weighted by Crippen LogP contribution is 2.16. The molecule has 0 bridgehead atoms. The van der Waals surface area contributed by atoms with Crippen LogP contribution >= 0.6 is 0 Å². The summed E-state index contributed by atoms with van der Waals surface area (Å²) in [7, 11) is 0. The van der Waals surface area contributed by atoms with E-state index in [4.69, 9.17) is 9.84 Å². The Morgan fingerprint density at radius 1 is 1.13 bits per heavy atom. The van der Waals surface area contributed by atoms with Crippen LogP contribution in [0.1, 0.15) is 22.8 Å². The molecule has 0 spiro atoms. The van der Waals surface area contributed by atoms with Gasteiger partial charge in [-0.15, -0.1) is 0 Å². The molecule has 0 fully saturated rings. The summed E-state index contributed by atoms with van der Waals surface area (Å²) in [6, 6.07) is 12.8. The highest BCUT2D eigenvalue weighted by Gasteiger charge is 2.12. The summed E-state index contributed by atoms with van der Waals surface area (Å²) in [6.45, 7) is 1.43. The highest BCUT2D eigenvalue weighted by atomic mass is 16.5. The van der Waals surface area contributed by atoms with E-state index in [9.17, 15) is 14.7 Å². The zero-order chi connectivity index (χ0) is 16.8. The number of benzene rings is 2. The smallest absolute Gasteiger partial charge is 0.344 e. The van der Waals surface area contributed by atoms with Crippen molar-refractivity contribution in [1.82, 2.24) is 0 Å². The van der Waals surface area contributed by atoms with E-state index in [0.717, 1.165) is 0 Å². The van der Waals surface area contributed by atoms with Crippen molar-refractivity contribution in [3.05, 3.63) is 65.7 Å². The molecule has 2 aromatic carbocycles. The number of ketones is 1. The summed E-state index contributed by atoms with van der Waals surface area (Å²) < 4.78 is 5.20. The molecule has 0 amide bonds. The molecule has 23 heavy (non-hydrogen) atoms. The lowest BCUT2D eigenvalue weighted by molar-refractivity contribution is -0.144. The fourth-order valence-electron chi connectivity index (χ4n) is 1.85. The van der Waals surface area contributed by atoms with Crippen LogP contribution in [0.2, 0.25) is 0 Å². The Balaban J connectivity index is 2.04. The van der Waals surface area contributed by atoms with E-state index >= 15 is 0 Å². The third kappa shape index (κ3) is 4.71. The van der Waals surface area contributed by atoms with Gasteiger partial charge in [-0.05, 0) is 55.0 Å². The molecule has 0 heterocycles. The SMILES string of the molecule is CC(Oc1ccc(C(=O)/C=C\c2cccc(O)c2)cc1)C(=O)O. The number of carbonyl (C=O) groups is 2. The van der Waals surface area contributed by atoms with Gasteiger partial charge in [0.25, 0.3) is 0 Å². The average Bonchev–Trinajstić information content (AvgIpc) is 2.53. The minimum atomic E-state index is -1.06. The Hall–Kier alpha value is -3.08. The molecule has 0 saturated carbocycles. The number of aromatic hydroxyl groups is 1. The zero-order valence-electron chi connectivity index (χ0n) is 12.5. The molecular formula is C18H16O5. The van der Waals surface area contributed by atoms with Crippen LogP contribution in [0.25, 0.3) is 6.08 Å². The first-order chi connectivity index (χ1) is 11.0. The van der Waals surface area contributed by atoms with Crippen molar-refractivity contribution >= 4 is 17.8 Å². The Bertz CT molecular complexity index is 731. The van der Waals surface area contributed by atoms with E-state index in [2.05, 4.69) is 0 Å². The van der Waals surface area contributed by atoms with Crippen molar-refractivity contribution in [2.45, 2.75) is 13.0 Å². The van der Waals surface area contributed by atoms with Crippen molar-refractivity contribution in [2.75, 3.05) is 0 Å². The first kappa shape index (κ1) is 16.3. The van der Waals surface area contributed by atoms with Gasteiger partial charge in [0.05, 0.1) is 0 Å². The molecular weight excluding hydrogens is 296 g/mol. The Kier molecular flexibility index (Phi) is 5.15. The number of aliphatic carboxylic acids is 1. The van der Waals surface area contributed by atoms with Crippen LogP contribution in [-0.2, 0) is 4.79 Å². The summed E-state index contributed by atoms with van der Waals surface area (Å²) in [6.07, 6.45) is 2.06. The van der Waals surface area contributed by atoms with Crippen molar-refractivity contribution in [2.24, 2.45) is 0 Å². The van der Waals surface area contributed by atoms with Crippen molar-refractivity contribution in [3.63, 3.8) is 0 Å². The minimum absolute atomic E-state index is 0.133. The molecule has 0 radical (unpaired) electrons. The molecule has 118 valence electrons. The number of allylic oxidation sites excluding steroid dienone is 1. The van der Waals surface area contributed by atoms with Gasteiger partial charge >= 0.3 is 5.97 Å². The number of phenolic OH excluding ortho intramolecular Hbond substituents is 1. The number of carboxylic acid groups (broad SMARTS) is 1.